The zero-order valence-electron chi connectivity index (χ0n) is 8.67. The van der Waals surface area contributed by atoms with Crippen molar-refractivity contribution in [3.05, 3.63) is 22.9 Å². The van der Waals surface area contributed by atoms with Crippen molar-refractivity contribution >= 4 is 11.9 Å². The van der Waals surface area contributed by atoms with E-state index in [2.05, 4.69) is 9.72 Å². The Hall–Kier alpha value is -2.05. The zero-order chi connectivity index (χ0) is 12.1. The van der Waals surface area contributed by atoms with Crippen LogP contribution in [0, 0.1) is 0 Å². The second-order valence-electron chi connectivity index (χ2n) is 3.14. The number of hydrogen-bond acceptors (Lipinski definition) is 4. The summed E-state index contributed by atoms with van der Waals surface area (Å²) in [4.78, 5) is 35.3. The van der Waals surface area contributed by atoms with E-state index in [0.29, 0.717) is 0 Å². The Kier molecular flexibility index (Phi) is 3.87. The Morgan fingerprint density at radius 3 is 2.75 bits per heavy atom. The van der Waals surface area contributed by atoms with Gasteiger partial charge in [-0.2, -0.15) is 0 Å². The third kappa shape index (κ3) is 2.72. The molecule has 0 spiro atoms. The number of H-pyrrole nitrogens is 1. The highest BCUT2D eigenvalue weighted by molar-refractivity contribution is 5.74. The van der Waals surface area contributed by atoms with Gasteiger partial charge in [-0.15, -0.1) is 0 Å². The molecule has 1 aromatic heterocycles. The number of ether oxygens (including phenoxy) is 1. The van der Waals surface area contributed by atoms with Gasteiger partial charge >= 0.3 is 17.6 Å². The highest BCUT2D eigenvalue weighted by atomic mass is 16.5. The molecular weight excluding hydrogens is 216 g/mol. The first kappa shape index (κ1) is 12.0. The number of imidazole rings is 1. The van der Waals surface area contributed by atoms with E-state index in [0.717, 1.165) is 4.57 Å². The van der Waals surface area contributed by atoms with Crippen LogP contribution in [0.25, 0.3) is 0 Å². The molecule has 1 heterocycles. The normalized spacial score (nSPS) is 12.1. The summed E-state index contributed by atoms with van der Waals surface area (Å²) in [5.41, 5.74) is -0.516. The van der Waals surface area contributed by atoms with Crippen molar-refractivity contribution in [2.45, 2.75) is 18.9 Å². The lowest BCUT2D eigenvalue weighted by Crippen LogP contribution is -2.28. The van der Waals surface area contributed by atoms with E-state index in [1.165, 1.54) is 19.5 Å². The molecule has 1 atom stereocenters. The van der Waals surface area contributed by atoms with Crippen LogP contribution in [0.4, 0.5) is 0 Å². The molecule has 0 saturated carbocycles. The van der Waals surface area contributed by atoms with Gasteiger partial charge in [0.2, 0.25) is 0 Å². The fourth-order valence-electron chi connectivity index (χ4n) is 1.31. The van der Waals surface area contributed by atoms with Gasteiger partial charge in [-0.3, -0.25) is 9.36 Å². The Morgan fingerprint density at radius 2 is 2.31 bits per heavy atom. The second kappa shape index (κ2) is 5.15. The average molecular weight is 228 g/mol. The molecule has 0 aromatic carbocycles. The monoisotopic (exact) mass is 228 g/mol. The largest absolute Gasteiger partial charge is 0.480 e. The van der Waals surface area contributed by atoms with Crippen LogP contribution < -0.4 is 5.69 Å². The van der Waals surface area contributed by atoms with E-state index in [1.54, 1.807) is 0 Å². The molecule has 16 heavy (non-hydrogen) atoms. The maximum Gasteiger partial charge on any atom is 0.326 e. The van der Waals surface area contributed by atoms with Crippen LogP contribution in [0.5, 0.6) is 0 Å². The SMILES string of the molecule is COC(=O)CCC(C(=O)O)n1cc[nH]c1=O. The number of nitrogens with zero attached hydrogens (tertiary/aromatic N) is 1. The molecule has 0 fully saturated rings. The first-order chi connectivity index (χ1) is 7.56. The van der Waals surface area contributed by atoms with E-state index in [1.807, 2.05) is 0 Å². The second-order valence-corrected chi connectivity index (χ2v) is 3.14. The smallest absolute Gasteiger partial charge is 0.326 e. The number of aliphatic carboxylic acids is 1. The van der Waals surface area contributed by atoms with Crippen LogP contribution in [0.3, 0.4) is 0 Å². The van der Waals surface area contributed by atoms with Crippen molar-refractivity contribution in [3.8, 4) is 0 Å². The predicted octanol–water partition coefficient (Wildman–Crippen LogP) is -0.245. The highest BCUT2D eigenvalue weighted by Crippen LogP contribution is 2.12. The van der Waals surface area contributed by atoms with E-state index >= 15 is 0 Å². The zero-order valence-corrected chi connectivity index (χ0v) is 8.67. The standard InChI is InChI=1S/C9H12N2O5/c1-16-7(12)3-2-6(8(13)14)11-5-4-10-9(11)15/h4-6H,2-3H2,1H3,(H,10,15)(H,13,14). The number of rotatable bonds is 5. The molecular formula is C9H12N2O5. The Morgan fingerprint density at radius 1 is 1.62 bits per heavy atom. The third-order valence-corrected chi connectivity index (χ3v) is 2.15. The number of aromatic nitrogens is 2. The Balaban J connectivity index is 2.77. The highest BCUT2D eigenvalue weighted by Gasteiger charge is 2.22. The Bertz CT molecular complexity index is 433. The molecule has 7 nitrogen and oxygen atoms in total. The molecule has 88 valence electrons. The van der Waals surface area contributed by atoms with Gasteiger partial charge < -0.3 is 14.8 Å². The lowest BCUT2D eigenvalue weighted by molar-refractivity contribution is -0.143. The van der Waals surface area contributed by atoms with Crippen molar-refractivity contribution in [2.75, 3.05) is 7.11 Å². The fraction of sp³-hybridized carbons (Fsp3) is 0.444. The average Bonchev–Trinajstić information content (AvgIpc) is 2.64. The quantitative estimate of drug-likeness (QED) is 0.677. The molecule has 0 aliphatic rings. The summed E-state index contributed by atoms with van der Waals surface area (Å²) in [6.07, 6.45) is 2.64. The molecule has 0 radical (unpaired) electrons. The summed E-state index contributed by atoms with van der Waals surface area (Å²) in [5, 5.41) is 8.93. The maximum atomic E-state index is 11.2. The van der Waals surface area contributed by atoms with E-state index in [4.69, 9.17) is 5.11 Å². The van der Waals surface area contributed by atoms with Gasteiger partial charge in [-0.05, 0) is 6.42 Å². The van der Waals surface area contributed by atoms with Crippen LogP contribution in [-0.4, -0.2) is 33.7 Å². The van der Waals surface area contributed by atoms with E-state index in [-0.39, 0.29) is 12.8 Å². The minimum atomic E-state index is -1.16. The van der Waals surface area contributed by atoms with Crippen molar-refractivity contribution in [1.82, 2.24) is 9.55 Å². The molecule has 1 aromatic rings. The molecule has 0 bridgehead atoms. The molecule has 0 amide bonds. The van der Waals surface area contributed by atoms with Crippen molar-refractivity contribution in [2.24, 2.45) is 0 Å². The molecule has 0 aliphatic heterocycles. The van der Waals surface area contributed by atoms with Gasteiger partial charge in [0.05, 0.1) is 7.11 Å². The van der Waals surface area contributed by atoms with Crippen LogP contribution >= 0.6 is 0 Å². The molecule has 2 N–H and O–H groups in total. The van der Waals surface area contributed by atoms with Crippen molar-refractivity contribution < 1.29 is 19.4 Å². The first-order valence-corrected chi connectivity index (χ1v) is 4.61. The summed E-state index contributed by atoms with van der Waals surface area (Å²) in [6, 6.07) is -1.06. The number of carbonyl (C=O) groups excluding carboxylic acids is 1. The summed E-state index contributed by atoms with van der Waals surface area (Å²) in [7, 11) is 1.22. The molecule has 1 rings (SSSR count). The van der Waals surface area contributed by atoms with E-state index in [9.17, 15) is 14.4 Å². The topological polar surface area (TPSA) is 101 Å². The van der Waals surface area contributed by atoms with Crippen molar-refractivity contribution in [3.63, 3.8) is 0 Å². The molecule has 0 saturated heterocycles. The minimum Gasteiger partial charge on any atom is -0.480 e. The Labute approximate surface area is 90.7 Å². The summed E-state index contributed by atoms with van der Waals surface area (Å²) in [5.74, 6) is -1.67. The van der Waals surface area contributed by atoms with Crippen molar-refractivity contribution in [1.29, 1.82) is 0 Å². The third-order valence-electron chi connectivity index (χ3n) is 2.15. The van der Waals surface area contributed by atoms with Gasteiger partial charge in [0.15, 0.2) is 0 Å². The molecule has 7 heteroatoms. The van der Waals surface area contributed by atoms with Crippen LogP contribution in [0.2, 0.25) is 0 Å². The van der Waals surface area contributed by atoms with E-state index < -0.39 is 23.7 Å². The predicted molar refractivity (Wildman–Crippen MR) is 53.0 cm³/mol. The van der Waals surface area contributed by atoms with Gasteiger partial charge in [-0.25, -0.2) is 9.59 Å². The van der Waals surface area contributed by atoms with Gasteiger partial charge in [0.25, 0.3) is 0 Å². The molecule has 0 aliphatic carbocycles. The number of carboxylic acids is 1. The number of esters is 1. The fourth-order valence-corrected chi connectivity index (χ4v) is 1.31. The lowest BCUT2D eigenvalue weighted by atomic mass is 10.1. The minimum absolute atomic E-state index is 0.0137. The first-order valence-electron chi connectivity index (χ1n) is 4.61. The maximum absolute atomic E-state index is 11.2. The number of nitrogens with one attached hydrogen (secondary N) is 1. The van der Waals surface area contributed by atoms with Gasteiger partial charge in [-0.1, -0.05) is 0 Å². The summed E-state index contributed by atoms with van der Waals surface area (Å²) >= 11 is 0. The number of hydrogen-bond donors (Lipinski definition) is 2. The van der Waals surface area contributed by atoms with Crippen LogP contribution in [0.1, 0.15) is 18.9 Å². The lowest BCUT2D eigenvalue weighted by Gasteiger charge is -2.11. The number of aromatic amines is 1. The van der Waals surface area contributed by atoms with Gasteiger partial charge in [0.1, 0.15) is 6.04 Å². The summed E-state index contributed by atoms with van der Waals surface area (Å²) in [6.45, 7) is 0. The number of carboxylic acid groups (broad SMARTS) is 1. The molecule has 1 unspecified atom stereocenters. The van der Waals surface area contributed by atoms with Crippen LogP contribution in [-0.2, 0) is 14.3 Å². The van der Waals surface area contributed by atoms with Gasteiger partial charge in [0, 0.05) is 18.8 Å². The number of carbonyl (C=O) groups is 2. The number of methoxy groups -OCH3 is 1. The summed E-state index contributed by atoms with van der Waals surface area (Å²) < 4.78 is 5.43. The van der Waals surface area contributed by atoms with Crippen LogP contribution in [0.15, 0.2) is 17.2 Å².